The summed E-state index contributed by atoms with van der Waals surface area (Å²) in [5.41, 5.74) is 0.946. The van der Waals surface area contributed by atoms with Crippen molar-refractivity contribution in [2.45, 2.75) is 17.8 Å². The second kappa shape index (κ2) is 5.46. The van der Waals surface area contributed by atoms with Crippen molar-refractivity contribution in [3.8, 4) is 11.4 Å². The predicted molar refractivity (Wildman–Crippen MR) is 75.0 cm³/mol. The minimum absolute atomic E-state index is 0.575. The number of benzene rings is 1. The van der Waals surface area contributed by atoms with Gasteiger partial charge in [-0.2, -0.15) is 4.98 Å². The fourth-order valence-electron chi connectivity index (χ4n) is 1.66. The monoisotopic (exact) mass is 287 g/mol. The number of aryl methyl sites for hydroxylation is 1. The summed E-state index contributed by atoms with van der Waals surface area (Å²) in [4.78, 5) is 4.38. The zero-order chi connectivity index (χ0) is 13.9. The van der Waals surface area contributed by atoms with Crippen LogP contribution in [0.3, 0.4) is 0 Å². The van der Waals surface area contributed by atoms with E-state index in [1.807, 2.05) is 48.9 Å². The zero-order valence-corrected chi connectivity index (χ0v) is 12.0. The molecule has 0 radical (unpaired) electrons. The maximum absolute atomic E-state index is 5.25. The van der Waals surface area contributed by atoms with Crippen molar-refractivity contribution >= 4 is 11.8 Å². The fraction of sp³-hybridized carbons (Fsp3) is 0.231. The Labute approximate surface area is 120 Å². The lowest BCUT2D eigenvalue weighted by molar-refractivity contribution is 0.391. The largest absolute Gasteiger partial charge is 0.338 e. The first-order chi connectivity index (χ1) is 9.74. The van der Waals surface area contributed by atoms with E-state index in [0.29, 0.717) is 17.5 Å². The van der Waals surface area contributed by atoms with Gasteiger partial charge in [0.05, 0.1) is 5.75 Å². The molecule has 0 spiro atoms. The van der Waals surface area contributed by atoms with Crippen LogP contribution >= 0.6 is 11.8 Å². The SMILES string of the molecule is Cc1nnc(SCc2nc(-c3ccccc3)no2)n1C. The van der Waals surface area contributed by atoms with Crippen LogP contribution in [-0.2, 0) is 12.8 Å². The van der Waals surface area contributed by atoms with Crippen LogP contribution in [0.25, 0.3) is 11.4 Å². The Hall–Kier alpha value is -2.15. The topological polar surface area (TPSA) is 69.6 Å². The molecule has 7 heteroatoms. The third-order valence-electron chi connectivity index (χ3n) is 2.88. The number of nitrogens with zero attached hydrogens (tertiary/aromatic N) is 5. The van der Waals surface area contributed by atoms with E-state index in [1.54, 1.807) is 0 Å². The van der Waals surface area contributed by atoms with Gasteiger partial charge in [0.15, 0.2) is 5.16 Å². The average molecular weight is 287 g/mol. The van der Waals surface area contributed by atoms with Gasteiger partial charge in [-0.05, 0) is 6.92 Å². The van der Waals surface area contributed by atoms with Gasteiger partial charge in [0.25, 0.3) is 0 Å². The van der Waals surface area contributed by atoms with Gasteiger partial charge in [-0.15, -0.1) is 10.2 Å². The van der Waals surface area contributed by atoms with E-state index in [0.717, 1.165) is 16.5 Å². The van der Waals surface area contributed by atoms with Crippen LogP contribution < -0.4 is 0 Å². The summed E-state index contributed by atoms with van der Waals surface area (Å²) >= 11 is 1.52. The molecule has 0 aliphatic carbocycles. The molecular weight excluding hydrogens is 274 g/mol. The van der Waals surface area contributed by atoms with Gasteiger partial charge in [-0.25, -0.2) is 0 Å². The van der Waals surface area contributed by atoms with Crippen LogP contribution in [0.5, 0.6) is 0 Å². The summed E-state index contributed by atoms with van der Waals surface area (Å²) in [6.45, 7) is 1.91. The fourth-order valence-corrected chi connectivity index (χ4v) is 2.45. The third-order valence-corrected chi connectivity index (χ3v) is 3.88. The summed E-state index contributed by atoms with van der Waals surface area (Å²) in [7, 11) is 1.93. The van der Waals surface area contributed by atoms with Crippen molar-refractivity contribution in [1.82, 2.24) is 24.9 Å². The number of hydrogen-bond donors (Lipinski definition) is 0. The van der Waals surface area contributed by atoms with E-state index in [9.17, 15) is 0 Å². The molecule has 0 atom stereocenters. The van der Waals surface area contributed by atoms with Crippen LogP contribution in [-0.4, -0.2) is 24.9 Å². The van der Waals surface area contributed by atoms with Crippen molar-refractivity contribution in [1.29, 1.82) is 0 Å². The van der Waals surface area contributed by atoms with Gasteiger partial charge < -0.3 is 9.09 Å². The van der Waals surface area contributed by atoms with Crippen molar-refractivity contribution in [3.63, 3.8) is 0 Å². The van der Waals surface area contributed by atoms with E-state index < -0.39 is 0 Å². The van der Waals surface area contributed by atoms with Gasteiger partial charge >= 0.3 is 0 Å². The van der Waals surface area contributed by atoms with Crippen molar-refractivity contribution in [2.24, 2.45) is 7.05 Å². The number of aromatic nitrogens is 5. The molecule has 0 amide bonds. The molecule has 3 aromatic rings. The highest BCUT2D eigenvalue weighted by atomic mass is 32.2. The Morgan fingerprint density at radius 2 is 2.00 bits per heavy atom. The molecule has 0 bridgehead atoms. The van der Waals surface area contributed by atoms with Crippen molar-refractivity contribution in [2.75, 3.05) is 0 Å². The Balaban J connectivity index is 1.70. The summed E-state index contributed by atoms with van der Waals surface area (Å²) in [5.74, 6) is 2.64. The molecule has 0 saturated heterocycles. The quantitative estimate of drug-likeness (QED) is 0.687. The van der Waals surface area contributed by atoms with Crippen molar-refractivity contribution in [3.05, 3.63) is 42.0 Å². The molecule has 20 heavy (non-hydrogen) atoms. The van der Waals surface area contributed by atoms with Crippen LogP contribution in [0, 0.1) is 6.92 Å². The first-order valence-electron chi connectivity index (χ1n) is 6.11. The molecule has 102 valence electrons. The van der Waals surface area contributed by atoms with E-state index >= 15 is 0 Å². The molecule has 1 aromatic carbocycles. The smallest absolute Gasteiger partial charge is 0.237 e. The van der Waals surface area contributed by atoms with Crippen LogP contribution in [0.4, 0.5) is 0 Å². The molecule has 0 aliphatic rings. The Bertz CT molecular complexity index is 707. The normalized spacial score (nSPS) is 10.9. The lowest BCUT2D eigenvalue weighted by Crippen LogP contribution is -1.93. The average Bonchev–Trinajstić information content (AvgIpc) is 3.07. The van der Waals surface area contributed by atoms with Crippen LogP contribution in [0.2, 0.25) is 0 Å². The summed E-state index contributed by atoms with van der Waals surface area (Å²) in [5, 5.41) is 12.9. The van der Waals surface area contributed by atoms with E-state index in [1.165, 1.54) is 11.8 Å². The minimum Gasteiger partial charge on any atom is -0.338 e. The zero-order valence-electron chi connectivity index (χ0n) is 11.1. The maximum Gasteiger partial charge on any atom is 0.237 e. The maximum atomic E-state index is 5.25. The van der Waals surface area contributed by atoms with Gasteiger partial charge in [0.1, 0.15) is 5.82 Å². The highest BCUT2D eigenvalue weighted by Gasteiger charge is 2.11. The van der Waals surface area contributed by atoms with E-state index in [-0.39, 0.29) is 0 Å². The highest BCUT2D eigenvalue weighted by Crippen LogP contribution is 2.22. The van der Waals surface area contributed by atoms with Gasteiger partial charge in [0.2, 0.25) is 11.7 Å². The Kier molecular flexibility index (Phi) is 3.51. The van der Waals surface area contributed by atoms with Gasteiger partial charge in [-0.3, -0.25) is 0 Å². The summed E-state index contributed by atoms with van der Waals surface area (Å²) in [6.07, 6.45) is 0. The van der Waals surface area contributed by atoms with E-state index in [4.69, 9.17) is 4.52 Å². The minimum atomic E-state index is 0.575. The standard InChI is InChI=1S/C13H13N5OS/c1-9-15-16-13(18(9)2)20-8-11-14-12(17-19-11)10-6-4-3-5-7-10/h3-7H,8H2,1-2H3. The third kappa shape index (κ3) is 2.57. The Morgan fingerprint density at radius 3 is 2.70 bits per heavy atom. The lowest BCUT2D eigenvalue weighted by atomic mass is 10.2. The molecule has 0 N–H and O–H groups in total. The number of rotatable bonds is 4. The molecular formula is C13H13N5OS. The lowest BCUT2D eigenvalue weighted by Gasteiger charge is -1.97. The molecule has 3 rings (SSSR count). The molecule has 0 saturated carbocycles. The summed E-state index contributed by atoms with van der Waals surface area (Å²) in [6, 6.07) is 9.75. The highest BCUT2D eigenvalue weighted by molar-refractivity contribution is 7.98. The first-order valence-corrected chi connectivity index (χ1v) is 7.09. The van der Waals surface area contributed by atoms with Gasteiger partial charge in [0, 0.05) is 12.6 Å². The molecule has 0 fully saturated rings. The van der Waals surface area contributed by atoms with Gasteiger partial charge in [-0.1, -0.05) is 47.3 Å². The van der Waals surface area contributed by atoms with Crippen LogP contribution in [0.15, 0.2) is 40.0 Å². The summed E-state index contributed by atoms with van der Waals surface area (Å²) < 4.78 is 7.18. The first kappa shape index (κ1) is 12.9. The molecule has 0 aliphatic heterocycles. The molecule has 2 aromatic heterocycles. The molecule has 2 heterocycles. The number of thioether (sulfide) groups is 1. The van der Waals surface area contributed by atoms with Crippen molar-refractivity contribution < 1.29 is 4.52 Å². The second-order valence-electron chi connectivity index (χ2n) is 4.26. The Morgan fingerprint density at radius 1 is 1.20 bits per heavy atom. The van der Waals surface area contributed by atoms with Crippen LogP contribution in [0.1, 0.15) is 11.7 Å². The molecule has 6 nitrogen and oxygen atoms in total. The van der Waals surface area contributed by atoms with E-state index in [2.05, 4.69) is 20.3 Å². The second-order valence-corrected chi connectivity index (χ2v) is 5.20. The number of hydrogen-bond acceptors (Lipinski definition) is 6. The predicted octanol–water partition coefficient (Wildman–Crippen LogP) is 2.47. The molecule has 0 unspecified atom stereocenters.